The molecule has 0 aliphatic carbocycles. The molecule has 1 saturated heterocycles. The number of hydrogen-bond donors (Lipinski definition) is 1. The Kier molecular flexibility index (Phi) is 7.03. The number of amides is 2. The predicted molar refractivity (Wildman–Crippen MR) is 126 cm³/mol. The van der Waals surface area contributed by atoms with Crippen LogP contribution in [0.3, 0.4) is 0 Å². The van der Waals surface area contributed by atoms with E-state index in [1.807, 2.05) is 11.8 Å². The number of urea groups is 1. The van der Waals surface area contributed by atoms with Crippen molar-refractivity contribution in [2.24, 2.45) is 0 Å². The van der Waals surface area contributed by atoms with Gasteiger partial charge >= 0.3 is 18.4 Å². The second-order valence-electron chi connectivity index (χ2n) is 8.64. The van der Waals surface area contributed by atoms with Crippen molar-refractivity contribution < 1.29 is 31.1 Å². The topological polar surface area (TPSA) is 61.4 Å². The van der Waals surface area contributed by atoms with Gasteiger partial charge in [-0.3, -0.25) is 0 Å². The van der Waals surface area contributed by atoms with Crippen LogP contribution in [-0.2, 0) is 12.4 Å². The van der Waals surface area contributed by atoms with Crippen LogP contribution in [0.25, 0.3) is 11.4 Å². The van der Waals surface area contributed by atoms with Crippen molar-refractivity contribution >= 4 is 17.5 Å². The lowest BCUT2D eigenvalue weighted by molar-refractivity contribution is -0.138. The first-order valence-electron chi connectivity index (χ1n) is 11.3. The Labute approximate surface area is 208 Å². The lowest BCUT2D eigenvalue weighted by Crippen LogP contribution is -2.50. The summed E-state index contributed by atoms with van der Waals surface area (Å²) in [6.45, 7) is 4.84. The number of piperazine rings is 1. The normalized spacial score (nSPS) is 14.6. The molecule has 1 aliphatic heterocycles. The molecule has 2 amide bonds. The van der Waals surface area contributed by atoms with E-state index in [0.717, 1.165) is 29.8 Å². The number of aryl methyl sites for hydroxylation is 1. The standard InChI is InChI=1S/C25H23F6N5O/c1-15-16(2)32-21(17-5-3-6-18(13-17)24(26,27)28)34-22(15)35-9-11-36(12-10-35)23(37)33-20-8-4-7-19(14-20)25(29,30)31/h3-8,13-14H,9-12H2,1-2H3,(H,33,37). The van der Waals surface area contributed by atoms with Gasteiger partial charge in [-0.2, -0.15) is 26.3 Å². The molecule has 0 saturated carbocycles. The minimum atomic E-state index is -4.52. The van der Waals surface area contributed by atoms with Gasteiger partial charge in [0.15, 0.2) is 5.82 Å². The van der Waals surface area contributed by atoms with E-state index in [9.17, 15) is 31.1 Å². The Bertz CT molecular complexity index is 1300. The van der Waals surface area contributed by atoms with Gasteiger partial charge in [-0.1, -0.05) is 18.2 Å². The summed E-state index contributed by atoms with van der Waals surface area (Å²) in [6.07, 6.45) is -9.02. The molecule has 6 nitrogen and oxygen atoms in total. The number of hydrogen-bond acceptors (Lipinski definition) is 4. The van der Waals surface area contributed by atoms with Gasteiger partial charge in [0.1, 0.15) is 5.82 Å². The number of halogens is 6. The number of nitrogens with one attached hydrogen (secondary N) is 1. The average molecular weight is 523 g/mol. The summed E-state index contributed by atoms with van der Waals surface area (Å²) in [5.74, 6) is 0.715. The van der Waals surface area contributed by atoms with Crippen LogP contribution >= 0.6 is 0 Å². The third-order valence-corrected chi connectivity index (χ3v) is 6.12. The largest absolute Gasteiger partial charge is 0.416 e. The van der Waals surface area contributed by atoms with Crippen LogP contribution in [-0.4, -0.2) is 47.1 Å². The minimum absolute atomic E-state index is 0.0373. The highest BCUT2D eigenvalue weighted by molar-refractivity contribution is 5.89. The van der Waals surface area contributed by atoms with Crippen LogP contribution in [0.4, 0.5) is 42.6 Å². The summed E-state index contributed by atoms with van der Waals surface area (Å²) in [7, 11) is 0. The van der Waals surface area contributed by atoms with Gasteiger partial charge in [-0.05, 0) is 44.2 Å². The van der Waals surface area contributed by atoms with E-state index in [1.165, 1.54) is 29.2 Å². The maximum Gasteiger partial charge on any atom is 0.416 e. The fraction of sp³-hybridized carbons (Fsp3) is 0.320. The molecule has 3 aromatic rings. The Morgan fingerprint density at radius 2 is 1.43 bits per heavy atom. The summed E-state index contributed by atoms with van der Waals surface area (Å²) < 4.78 is 78.4. The Morgan fingerprint density at radius 3 is 2.05 bits per heavy atom. The molecule has 2 heterocycles. The molecule has 196 valence electrons. The SMILES string of the molecule is Cc1nc(-c2cccc(C(F)(F)F)c2)nc(N2CCN(C(=O)Nc3cccc(C(F)(F)F)c3)CC2)c1C. The van der Waals surface area contributed by atoms with Crippen LogP contribution in [0, 0.1) is 13.8 Å². The van der Waals surface area contributed by atoms with Crippen molar-refractivity contribution in [2.75, 3.05) is 36.4 Å². The molecule has 1 aromatic heterocycles. The molecule has 12 heteroatoms. The number of carbonyl (C=O) groups excluding carboxylic acids is 1. The third kappa shape index (κ3) is 5.95. The number of carbonyl (C=O) groups is 1. The van der Waals surface area contributed by atoms with Crippen molar-refractivity contribution in [1.29, 1.82) is 0 Å². The van der Waals surface area contributed by atoms with Gasteiger partial charge in [0.2, 0.25) is 0 Å². The Balaban J connectivity index is 1.48. The highest BCUT2D eigenvalue weighted by atomic mass is 19.4. The van der Waals surface area contributed by atoms with E-state index < -0.39 is 29.5 Å². The van der Waals surface area contributed by atoms with Crippen molar-refractivity contribution in [2.45, 2.75) is 26.2 Å². The quantitative estimate of drug-likeness (QED) is 0.419. The zero-order chi connectivity index (χ0) is 27.0. The van der Waals surface area contributed by atoms with Crippen LogP contribution in [0.5, 0.6) is 0 Å². The molecule has 0 unspecified atom stereocenters. The lowest BCUT2D eigenvalue weighted by Gasteiger charge is -2.36. The van der Waals surface area contributed by atoms with Gasteiger partial charge in [0.25, 0.3) is 0 Å². The first-order chi connectivity index (χ1) is 17.3. The molecule has 0 bridgehead atoms. The van der Waals surface area contributed by atoms with Gasteiger partial charge in [-0.25, -0.2) is 14.8 Å². The van der Waals surface area contributed by atoms with Crippen LogP contribution in [0.1, 0.15) is 22.4 Å². The molecule has 1 fully saturated rings. The van der Waals surface area contributed by atoms with Gasteiger partial charge in [0, 0.05) is 48.7 Å². The summed E-state index contributed by atoms with van der Waals surface area (Å²) in [6, 6.07) is 8.67. The number of alkyl halides is 6. The second kappa shape index (κ2) is 9.91. The van der Waals surface area contributed by atoms with E-state index in [4.69, 9.17) is 0 Å². The van der Waals surface area contributed by atoms with Crippen LogP contribution in [0.15, 0.2) is 48.5 Å². The Morgan fingerprint density at radius 1 is 0.838 bits per heavy atom. The zero-order valence-electron chi connectivity index (χ0n) is 19.9. The molecular formula is C25H23F6N5O. The third-order valence-electron chi connectivity index (χ3n) is 6.12. The van der Waals surface area contributed by atoms with Crippen molar-refractivity contribution in [3.63, 3.8) is 0 Å². The predicted octanol–water partition coefficient (Wildman–Crippen LogP) is 6.15. The van der Waals surface area contributed by atoms with Gasteiger partial charge in [-0.15, -0.1) is 0 Å². The van der Waals surface area contributed by atoms with Gasteiger partial charge < -0.3 is 15.1 Å². The molecule has 2 aromatic carbocycles. The molecule has 4 rings (SSSR count). The minimum Gasteiger partial charge on any atom is -0.353 e. The highest BCUT2D eigenvalue weighted by Crippen LogP contribution is 2.33. The number of benzene rings is 2. The fourth-order valence-electron chi connectivity index (χ4n) is 3.98. The lowest BCUT2D eigenvalue weighted by atomic mass is 10.1. The molecule has 0 spiro atoms. The monoisotopic (exact) mass is 523 g/mol. The smallest absolute Gasteiger partial charge is 0.353 e. The number of nitrogens with zero attached hydrogens (tertiary/aromatic N) is 4. The van der Waals surface area contributed by atoms with Crippen molar-refractivity contribution in [1.82, 2.24) is 14.9 Å². The summed E-state index contributed by atoms with van der Waals surface area (Å²) in [4.78, 5) is 25.0. The molecule has 0 radical (unpaired) electrons. The van der Waals surface area contributed by atoms with E-state index in [2.05, 4.69) is 15.3 Å². The summed E-state index contributed by atoms with van der Waals surface area (Å²) in [5, 5.41) is 2.50. The van der Waals surface area contributed by atoms with Gasteiger partial charge in [0.05, 0.1) is 11.1 Å². The van der Waals surface area contributed by atoms with E-state index >= 15 is 0 Å². The van der Waals surface area contributed by atoms with Crippen molar-refractivity contribution in [3.05, 3.63) is 70.9 Å². The van der Waals surface area contributed by atoms with Crippen molar-refractivity contribution in [3.8, 4) is 11.4 Å². The highest BCUT2D eigenvalue weighted by Gasteiger charge is 2.32. The molecule has 1 aliphatic rings. The second-order valence-corrected chi connectivity index (χ2v) is 8.64. The fourth-order valence-corrected chi connectivity index (χ4v) is 3.98. The maximum absolute atomic E-state index is 13.2. The van der Waals surface area contributed by atoms with Crippen LogP contribution in [0.2, 0.25) is 0 Å². The first kappa shape index (κ1) is 26.2. The number of aromatic nitrogens is 2. The van der Waals surface area contributed by atoms with Crippen LogP contribution < -0.4 is 10.2 Å². The first-order valence-corrected chi connectivity index (χ1v) is 11.3. The summed E-state index contributed by atoms with van der Waals surface area (Å²) in [5.41, 5.74) is -0.0108. The average Bonchev–Trinajstić information content (AvgIpc) is 2.85. The molecule has 37 heavy (non-hydrogen) atoms. The number of anilines is 2. The Hall–Kier alpha value is -3.83. The number of rotatable bonds is 3. The summed E-state index contributed by atoms with van der Waals surface area (Å²) >= 11 is 0. The van der Waals surface area contributed by atoms with E-state index in [1.54, 1.807) is 6.92 Å². The van der Waals surface area contributed by atoms with E-state index in [0.29, 0.717) is 24.6 Å². The molecular weight excluding hydrogens is 500 g/mol. The molecule has 1 N–H and O–H groups in total. The van der Waals surface area contributed by atoms with E-state index in [-0.39, 0.29) is 30.2 Å². The maximum atomic E-state index is 13.2. The molecule has 0 atom stereocenters. The zero-order valence-corrected chi connectivity index (χ0v) is 19.9.